The summed E-state index contributed by atoms with van der Waals surface area (Å²) in [5, 5.41) is 8.70. The Bertz CT molecular complexity index is 297. The molecule has 0 radical (unpaired) electrons. The van der Waals surface area contributed by atoms with E-state index in [1.807, 2.05) is 0 Å². The van der Waals surface area contributed by atoms with Crippen molar-refractivity contribution in [3.05, 3.63) is 29.6 Å². The van der Waals surface area contributed by atoms with E-state index < -0.39 is 5.97 Å². The Kier molecular flexibility index (Phi) is 2.40. The molecule has 0 unspecified atom stereocenters. The molecule has 4 nitrogen and oxygen atoms in total. The summed E-state index contributed by atoms with van der Waals surface area (Å²) in [6, 6.07) is 3.04. The molecule has 0 bridgehead atoms. The van der Waals surface area contributed by atoms with Gasteiger partial charge in [0, 0.05) is 17.8 Å². The zero-order valence-corrected chi connectivity index (χ0v) is 6.69. The van der Waals surface area contributed by atoms with Crippen LogP contribution in [0, 0.1) is 0 Å². The Morgan fingerprint density at radius 1 is 1.75 bits per heavy atom. The van der Waals surface area contributed by atoms with E-state index >= 15 is 0 Å². The molecule has 1 aromatic rings. The van der Waals surface area contributed by atoms with Crippen LogP contribution >= 0.6 is 0 Å². The maximum atomic E-state index is 10.6. The van der Waals surface area contributed by atoms with E-state index in [1.54, 1.807) is 19.1 Å². The Morgan fingerprint density at radius 2 is 2.42 bits per heavy atom. The molecule has 0 aliphatic carbocycles. The number of carboxylic acid groups (broad SMARTS) is 1. The first-order valence-electron chi connectivity index (χ1n) is 3.56. The number of pyridine rings is 1. The van der Waals surface area contributed by atoms with Gasteiger partial charge in [-0.05, 0) is 13.0 Å². The second-order valence-electron chi connectivity index (χ2n) is 2.54. The molecule has 64 valence electrons. The molecule has 12 heavy (non-hydrogen) atoms. The summed E-state index contributed by atoms with van der Waals surface area (Å²) in [6.07, 6.45) is 1.44. The zero-order valence-electron chi connectivity index (χ0n) is 6.69. The average Bonchev–Trinajstić information content (AvgIpc) is 2.04. The molecule has 1 heterocycles. The largest absolute Gasteiger partial charge is 0.477 e. The average molecular weight is 166 g/mol. The molecule has 0 aliphatic rings. The Morgan fingerprint density at radius 3 is 2.83 bits per heavy atom. The fourth-order valence-corrected chi connectivity index (χ4v) is 0.964. The first-order chi connectivity index (χ1) is 5.63. The SMILES string of the molecule is C[C@@H](N)c1cccnc1C(=O)O. The Hall–Kier alpha value is -1.42. The molecule has 4 heteroatoms. The van der Waals surface area contributed by atoms with Crippen molar-refractivity contribution < 1.29 is 9.90 Å². The van der Waals surface area contributed by atoms with Gasteiger partial charge in [0.1, 0.15) is 0 Å². The molecular weight excluding hydrogens is 156 g/mol. The number of aromatic carboxylic acids is 1. The van der Waals surface area contributed by atoms with Crippen LogP contribution in [0.1, 0.15) is 29.0 Å². The maximum Gasteiger partial charge on any atom is 0.354 e. The van der Waals surface area contributed by atoms with Gasteiger partial charge in [-0.1, -0.05) is 6.07 Å². The van der Waals surface area contributed by atoms with Crippen LogP contribution in [0.4, 0.5) is 0 Å². The van der Waals surface area contributed by atoms with Gasteiger partial charge in [-0.2, -0.15) is 0 Å². The smallest absolute Gasteiger partial charge is 0.354 e. The Balaban J connectivity index is 3.17. The molecule has 0 aromatic carbocycles. The van der Waals surface area contributed by atoms with Crippen molar-refractivity contribution in [2.24, 2.45) is 5.73 Å². The van der Waals surface area contributed by atoms with Crippen LogP contribution in [0.5, 0.6) is 0 Å². The number of carbonyl (C=O) groups is 1. The van der Waals surface area contributed by atoms with Crippen LogP contribution in [0.25, 0.3) is 0 Å². The second kappa shape index (κ2) is 3.32. The highest BCUT2D eigenvalue weighted by atomic mass is 16.4. The highest BCUT2D eigenvalue weighted by molar-refractivity contribution is 5.87. The Labute approximate surface area is 70.0 Å². The van der Waals surface area contributed by atoms with E-state index in [4.69, 9.17) is 10.8 Å². The summed E-state index contributed by atoms with van der Waals surface area (Å²) in [6.45, 7) is 1.73. The first kappa shape index (κ1) is 8.67. The van der Waals surface area contributed by atoms with Gasteiger partial charge in [-0.15, -0.1) is 0 Å². The van der Waals surface area contributed by atoms with Crippen molar-refractivity contribution in [3.8, 4) is 0 Å². The second-order valence-corrected chi connectivity index (χ2v) is 2.54. The van der Waals surface area contributed by atoms with Crippen LogP contribution in [0.3, 0.4) is 0 Å². The van der Waals surface area contributed by atoms with Gasteiger partial charge < -0.3 is 10.8 Å². The predicted molar refractivity (Wildman–Crippen MR) is 43.8 cm³/mol. The molecule has 1 aromatic heterocycles. The fourth-order valence-electron chi connectivity index (χ4n) is 0.964. The van der Waals surface area contributed by atoms with Gasteiger partial charge in [-0.3, -0.25) is 0 Å². The number of carboxylic acids is 1. The lowest BCUT2D eigenvalue weighted by atomic mass is 10.1. The number of aromatic nitrogens is 1. The standard InChI is InChI=1S/C8H10N2O2/c1-5(9)6-3-2-4-10-7(6)8(11)12/h2-5H,9H2,1H3,(H,11,12)/t5-/m1/s1. The van der Waals surface area contributed by atoms with Gasteiger partial charge in [0.2, 0.25) is 0 Å². The van der Waals surface area contributed by atoms with Crippen LogP contribution in [-0.2, 0) is 0 Å². The molecule has 1 rings (SSSR count). The monoisotopic (exact) mass is 166 g/mol. The number of nitrogens with two attached hydrogens (primary N) is 1. The molecule has 0 fully saturated rings. The predicted octanol–water partition coefficient (Wildman–Crippen LogP) is 0.800. The molecule has 0 aliphatic heterocycles. The number of hydrogen-bond donors (Lipinski definition) is 2. The lowest BCUT2D eigenvalue weighted by Gasteiger charge is -2.06. The zero-order chi connectivity index (χ0) is 9.14. The normalized spacial score (nSPS) is 12.5. The van der Waals surface area contributed by atoms with Crippen molar-refractivity contribution in [2.45, 2.75) is 13.0 Å². The van der Waals surface area contributed by atoms with E-state index in [0.717, 1.165) is 0 Å². The van der Waals surface area contributed by atoms with Crippen molar-refractivity contribution in [1.82, 2.24) is 4.98 Å². The fraction of sp³-hybridized carbons (Fsp3) is 0.250. The van der Waals surface area contributed by atoms with Crippen LogP contribution in [0.15, 0.2) is 18.3 Å². The van der Waals surface area contributed by atoms with Crippen LogP contribution in [-0.4, -0.2) is 16.1 Å². The summed E-state index contributed by atoms with van der Waals surface area (Å²) in [7, 11) is 0. The van der Waals surface area contributed by atoms with E-state index in [1.165, 1.54) is 6.20 Å². The third-order valence-electron chi connectivity index (χ3n) is 1.53. The minimum Gasteiger partial charge on any atom is -0.477 e. The van der Waals surface area contributed by atoms with Gasteiger partial charge in [0.15, 0.2) is 5.69 Å². The van der Waals surface area contributed by atoms with Gasteiger partial charge in [-0.25, -0.2) is 9.78 Å². The summed E-state index contributed by atoms with van der Waals surface area (Å²) >= 11 is 0. The molecule has 0 saturated heterocycles. The van der Waals surface area contributed by atoms with Crippen molar-refractivity contribution in [3.63, 3.8) is 0 Å². The molecule has 0 saturated carbocycles. The van der Waals surface area contributed by atoms with Gasteiger partial charge in [0.05, 0.1) is 0 Å². The van der Waals surface area contributed by atoms with E-state index in [0.29, 0.717) is 5.56 Å². The van der Waals surface area contributed by atoms with Gasteiger partial charge in [0.25, 0.3) is 0 Å². The maximum absolute atomic E-state index is 10.6. The quantitative estimate of drug-likeness (QED) is 0.681. The molecular formula is C8H10N2O2. The van der Waals surface area contributed by atoms with Gasteiger partial charge >= 0.3 is 5.97 Å². The molecule has 0 spiro atoms. The highest BCUT2D eigenvalue weighted by Crippen LogP contribution is 2.12. The molecule has 0 amide bonds. The summed E-state index contributed by atoms with van der Waals surface area (Å²) < 4.78 is 0. The number of hydrogen-bond acceptors (Lipinski definition) is 3. The van der Waals surface area contributed by atoms with Crippen LogP contribution in [0.2, 0.25) is 0 Å². The van der Waals surface area contributed by atoms with E-state index in [9.17, 15) is 4.79 Å². The topological polar surface area (TPSA) is 76.2 Å². The third-order valence-corrected chi connectivity index (χ3v) is 1.53. The number of rotatable bonds is 2. The van der Waals surface area contributed by atoms with Crippen molar-refractivity contribution in [1.29, 1.82) is 0 Å². The van der Waals surface area contributed by atoms with E-state index in [2.05, 4.69) is 4.98 Å². The highest BCUT2D eigenvalue weighted by Gasteiger charge is 2.12. The molecule has 3 N–H and O–H groups in total. The van der Waals surface area contributed by atoms with Crippen molar-refractivity contribution >= 4 is 5.97 Å². The summed E-state index contributed by atoms with van der Waals surface area (Å²) in [5.41, 5.74) is 6.14. The van der Waals surface area contributed by atoms with Crippen LogP contribution < -0.4 is 5.73 Å². The lowest BCUT2D eigenvalue weighted by Crippen LogP contribution is -2.13. The van der Waals surface area contributed by atoms with Crippen molar-refractivity contribution in [2.75, 3.05) is 0 Å². The molecule has 1 atom stereocenters. The lowest BCUT2D eigenvalue weighted by molar-refractivity contribution is 0.0688. The van der Waals surface area contributed by atoms with E-state index in [-0.39, 0.29) is 11.7 Å². The first-order valence-corrected chi connectivity index (χ1v) is 3.56. The number of nitrogens with zero attached hydrogens (tertiary/aromatic N) is 1. The minimum absolute atomic E-state index is 0.0347. The minimum atomic E-state index is -1.04. The summed E-state index contributed by atoms with van der Waals surface area (Å²) in [5.74, 6) is -1.04. The summed E-state index contributed by atoms with van der Waals surface area (Å²) in [4.78, 5) is 14.3. The third kappa shape index (κ3) is 1.60.